The molecule has 1 saturated heterocycles. The summed E-state index contributed by atoms with van der Waals surface area (Å²) in [6.45, 7) is 2.69. The predicted octanol–water partition coefficient (Wildman–Crippen LogP) is 2.82. The quantitative estimate of drug-likeness (QED) is 0.645. The molecule has 7 heteroatoms. The summed E-state index contributed by atoms with van der Waals surface area (Å²) in [4.78, 5) is 26.5. The van der Waals surface area contributed by atoms with E-state index in [1.165, 1.54) is 11.1 Å². The van der Waals surface area contributed by atoms with Crippen LogP contribution in [0.4, 0.5) is 5.82 Å². The second-order valence-electron chi connectivity index (χ2n) is 8.74. The maximum atomic E-state index is 13.3. The van der Waals surface area contributed by atoms with Gasteiger partial charge in [0.1, 0.15) is 11.5 Å². The Bertz CT molecular complexity index is 1140. The van der Waals surface area contributed by atoms with Crippen molar-refractivity contribution in [1.29, 1.82) is 0 Å². The summed E-state index contributed by atoms with van der Waals surface area (Å²) in [5.41, 5.74) is 3.93. The Hall–Kier alpha value is -3.29. The summed E-state index contributed by atoms with van der Waals surface area (Å²) < 4.78 is 0. The van der Waals surface area contributed by atoms with Crippen LogP contribution in [0.15, 0.2) is 60.7 Å². The van der Waals surface area contributed by atoms with Gasteiger partial charge < -0.3 is 15.3 Å². The maximum absolute atomic E-state index is 13.3. The highest BCUT2D eigenvalue weighted by Crippen LogP contribution is 2.26. The van der Waals surface area contributed by atoms with Gasteiger partial charge in [-0.05, 0) is 24.0 Å². The number of nitrogens with zero attached hydrogens (tertiary/aromatic N) is 4. The van der Waals surface area contributed by atoms with Gasteiger partial charge in [-0.1, -0.05) is 54.6 Å². The molecule has 1 fully saturated rings. The third-order valence-electron chi connectivity index (χ3n) is 6.70. The first-order valence-corrected chi connectivity index (χ1v) is 11.5. The molecular formula is C26H29N5O2. The van der Waals surface area contributed by atoms with E-state index in [0.717, 1.165) is 31.5 Å². The Labute approximate surface area is 194 Å². The monoisotopic (exact) mass is 443 g/mol. The number of likely N-dealkylation sites (tertiary alicyclic amines) is 1. The van der Waals surface area contributed by atoms with Crippen LogP contribution >= 0.6 is 0 Å². The Morgan fingerprint density at radius 2 is 1.79 bits per heavy atom. The lowest BCUT2D eigenvalue weighted by molar-refractivity contribution is -0.0139. The maximum Gasteiger partial charge on any atom is 0.272 e. The number of aromatic nitrogens is 2. The fourth-order valence-corrected chi connectivity index (χ4v) is 4.89. The molecule has 7 nitrogen and oxygen atoms in total. The Morgan fingerprint density at radius 1 is 1.03 bits per heavy atom. The van der Waals surface area contributed by atoms with Crippen molar-refractivity contribution in [3.8, 4) is 11.4 Å². The van der Waals surface area contributed by atoms with Crippen molar-refractivity contribution >= 4 is 11.7 Å². The lowest BCUT2D eigenvalue weighted by Crippen LogP contribution is -2.56. The molecule has 3 heterocycles. The number of aliphatic hydroxyl groups is 1. The minimum atomic E-state index is -0.591. The van der Waals surface area contributed by atoms with E-state index in [4.69, 9.17) is 0 Å². The van der Waals surface area contributed by atoms with Crippen molar-refractivity contribution in [1.82, 2.24) is 19.8 Å². The van der Waals surface area contributed by atoms with Crippen LogP contribution in [0.5, 0.6) is 0 Å². The number of carbonyl (C=O) groups excluding carboxylic acids is 1. The van der Waals surface area contributed by atoms with Crippen molar-refractivity contribution in [2.24, 2.45) is 0 Å². The number of carbonyl (C=O) groups is 1. The standard InChI is InChI=1S/C26H29N5O2/c1-27-24-15-21(28-25(29-24)19-8-3-2-4-9-19)26(33)31-14-12-22(23(32)17-31)30-13-11-18-7-5-6-10-20(18)16-30/h2-10,15,22-23,32H,11-14,16-17H2,1H3,(H,27,28,29)/t22-,23-/m0/s1. The molecule has 2 aromatic carbocycles. The van der Waals surface area contributed by atoms with Gasteiger partial charge in [0.2, 0.25) is 0 Å². The Kier molecular flexibility index (Phi) is 6.07. The molecule has 2 N–H and O–H groups in total. The van der Waals surface area contributed by atoms with Gasteiger partial charge in [0.25, 0.3) is 5.91 Å². The molecule has 1 amide bonds. The lowest BCUT2D eigenvalue weighted by Gasteiger charge is -2.43. The van der Waals surface area contributed by atoms with E-state index in [0.29, 0.717) is 30.4 Å². The number of piperidine rings is 1. The fraction of sp³-hybridized carbons (Fsp3) is 0.346. The normalized spacial score (nSPS) is 20.8. The molecule has 1 aromatic heterocycles. The van der Waals surface area contributed by atoms with Crippen molar-refractivity contribution in [2.45, 2.75) is 31.5 Å². The number of amides is 1. The summed E-state index contributed by atoms with van der Waals surface area (Å²) in [7, 11) is 1.78. The van der Waals surface area contributed by atoms with Gasteiger partial charge in [0.15, 0.2) is 5.82 Å². The Morgan fingerprint density at radius 3 is 2.55 bits per heavy atom. The van der Waals surface area contributed by atoms with Crippen LogP contribution in [0.2, 0.25) is 0 Å². The number of nitrogens with one attached hydrogen (secondary N) is 1. The highest BCUT2D eigenvalue weighted by atomic mass is 16.3. The molecule has 2 aliphatic rings. The molecule has 0 saturated carbocycles. The van der Waals surface area contributed by atoms with Crippen molar-refractivity contribution < 1.29 is 9.90 Å². The first-order valence-electron chi connectivity index (χ1n) is 11.5. The molecule has 3 aromatic rings. The van der Waals surface area contributed by atoms with Crippen LogP contribution in [-0.2, 0) is 13.0 Å². The Balaban J connectivity index is 1.30. The van der Waals surface area contributed by atoms with Crippen LogP contribution < -0.4 is 5.32 Å². The predicted molar refractivity (Wildman–Crippen MR) is 128 cm³/mol. The number of hydrogen-bond acceptors (Lipinski definition) is 6. The summed E-state index contributed by atoms with van der Waals surface area (Å²) in [5, 5.41) is 14.0. The summed E-state index contributed by atoms with van der Waals surface area (Å²) in [6.07, 6.45) is 1.15. The highest BCUT2D eigenvalue weighted by Gasteiger charge is 2.35. The van der Waals surface area contributed by atoms with Gasteiger partial charge in [-0.2, -0.15) is 0 Å². The zero-order valence-corrected chi connectivity index (χ0v) is 18.8. The smallest absolute Gasteiger partial charge is 0.272 e. The van der Waals surface area contributed by atoms with Gasteiger partial charge in [-0.3, -0.25) is 9.69 Å². The summed E-state index contributed by atoms with van der Waals surface area (Å²) in [5.74, 6) is 0.926. The average Bonchev–Trinajstić information content (AvgIpc) is 2.88. The molecule has 0 aliphatic carbocycles. The molecule has 2 atom stereocenters. The third-order valence-corrected chi connectivity index (χ3v) is 6.70. The molecule has 0 bridgehead atoms. The van der Waals surface area contributed by atoms with Gasteiger partial charge >= 0.3 is 0 Å². The van der Waals surface area contributed by atoms with E-state index in [1.807, 2.05) is 30.3 Å². The molecule has 33 heavy (non-hydrogen) atoms. The molecule has 0 radical (unpaired) electrons. The minimum absolute atomic E-state index is 0.0561. The summed E-state index contributed by atoms with van der Waals surface area (Å²) >= 11 is 0. The number of hydrogen-bond donors (Lipinski definition) is 2. The molecule has 2 aliphatic heterocycles. The van der Waals surface area contributed by atoms with E-state index in [-0.39, 0.29) is 11.9 Å². The zero-order chi connectivity index (χ0) is 22.8. The average molecular weight is 444 g/mol. The van der Waals surface area contributed by atoms with Gasteiger partial charge in [0, 0.05) is 50.9 Å². The summed E-state index contributed by atoms with van der Waals surface area (Å²) in [6, 6.07) is 19.9. The van der Waals surface area contributed by atoms with E-state index >= 15 is 0 Å². The topological polar surface area (TPSA) is 81.6 Å². The molecule has 5 rings (SSSR count). The van der Waals surface area contributed by atoms with Gasteiger partial charge in [-0.25, -0.2) is 9.97 Å². The number of β-amino-alcohol motifs (C(OH)–C–C–N with tert-alkyl or cyclic N) is 1. The second-order valence-corrected chi connectivity index (χ2v) is 8.74. The first-order chi connectivity index (χ1) is 16.1. The largest absolute Gasteiger partial charge is 0.390 e. The number of aliphatic hydroxyl groups excluding tert-OH is 1. The minimum Gasteiger partial charge on any atom is -0.390 e. The van der Waals surface area contributed by atoms with Crippen molar-refractivity contribution in [3.63, 3.8) is 0 Å². The van der Waals surface area contributed by atoms with E-state index in [9.17, 15) is 9.90 Å². The van der Waals surface area contributed by atoms with E-state index in [1.54, 1.807) is 18.0 Å². The van der Waals surface area contributed by atoms with Crippen LogP contribution in [0, 0.1) is 0 Å². The molecule has 0 unspecified atom stereocenters. The van der Waals surface area contributed by atoms with Gasteiger partial charge in [-0.15, -0.1) is 0 Å². The molecule has 0 spiro atoms. The van der Waals surface area contributed by atoms with Crippen LogP contribution in [0.3, 0.4) is 0 Å². The van der Waals surface area contributed by atoms with Crippen molar-refractivity contribution in [2.75, 3.05) is 32.0 Å². The number of benzene rings is 2. The fourth-order valence-electron chi connectivity index (χ4n) is 4.89. The zero-order valence-electron chi connectivity index (χ0n) is 18.8. The number of fused-ring (bicyclic) bond motifs is 1. The number of rotatable bonds is 4. The molecular weight excluding hydrogens is 414 g/mol. The van der Waals surface area contributed by atoms with Crippen molar-refractivity contribution in [3.05, 3.63) is 77.5 Å². The second kappa shape index (κ2) is 9.29. The van der Waals surface area contributed by atoms with Gasteiger partial charge in [0.05, 0.1) is 6.10 Å². The first kappa shape index (κ1) is 21.6. The number of anilines is 1. The van der Waals surface area contributed by atoms with E-state index in [2.05, 4.69) is 44.5 Å². The van der Waals surface area contributed by atoms with E-state index < -0.39 is 6.10 Å². The third kappa shape index (κ3) is 4.47. The SMILES string of the molecule is CNc1cc(C(=O)N2CC[C@H](N3CCc4ccccc4C3)[C@@H](O)C2)nc(-c2ccccc2)n1. The lowest BCUT2D eigenvalue weighted by atomic mass is 9.94. The van der Waals surface area contributed by atoms with Crippen LogP contribution in [0.1, 0.15) is 28.0 Å². The van der Waals surface area contributed by atoms with Crippen LogP contribution in [-0.4, -0.2) is 69.6 Å². The molecule has 170 valence electrons. The highest BCUT2D eigenvalue weighted by molar-refractivity contribution is 5.93. The van der Waals surface area contributed by atoms with Crippen LogP contribution in [0.25, 0.3) is 11.4 Å².